The summed E-state index contributed by atoms with van der Waals surface area (Å²) in [5.41, 5.74) is 1.74. The Morgan fingerprint density at radius 1 is 1.09 bits per heavy atom. The van der Waals surface area contributed by atoms with Crippen molar-refractivity contribution >= 4 is 52.8 Å². The van der Waals surface area contributed by atoms with E-state index in [0.717, 1.165) is 10.5 Å². The van der Waals surface area contributed by atoms with Crippen LogP contribution in [0.1, 0.15) is 32.0 Å². The molecule has 1 aromatic heterocycles. The molecule has 4 rings (SSSR count). The summed E-state index contributed by atoms with van der Waals surface area (Å²) in [5, 5.41) is 11.5. The van der Waals surface area contributed by atoms with E-state index in [-0.39, 0.29) is 27.7 Å². The Kier molecular flexibility index (Phi) is 6.30. The van der Waals surface area contributed by atoms with Crippen LogP contribution in [-0.4, -0.2) is 41.1 Å². The Hall–Kier alpha value is -4.57. The summed E-state index contributed by atoms with van der Waals surface area (Å²) >= 11 is 5.15. The molecule has 2 aromatic carbocycles. The molecule has 1 fully saturated rings. The summed E-state index contributed by atoms with van der Waals surface area (Å²) in [5.74, 6) is -2.47. The third kappa shape index (κ3) is 4.59. The first-order valence-electron chi connectivity index (χ1n) is 10.2. The summed E-state index contributed by atoms with van der Waals surface area (Å²) in [4.78, 5) is 50.0. The van der Waals surface area contributed by atoms with Crippen LogP contribution in [0.4, 0.5) is 5.69 Å². The molecule has 9 nitrogen and oxygen atoms in total. The predicted octanol–water partition coefficient (Wildman–Crippen LogP) is 3.57. The van der Waals surface area contributed by atoms with E-state index in [1.165, 1.54) is 37.5 Å². The highest BCUT2D eigenvalue weighted by molar-refractivity contribution is 7.80. The van der Waals surface area contributed by atoms with E-state index in [0.29, 0.717) is 16.9 Å². The van der Waals surface area contributed by atoms with Crippen molar-refractivity contribution in [1.29, 1.82) is 0 Å². The van der Waals surface area contributed by atoms with E-state index in [2.05, 4.69) is 5.32 Å². The number of benzene rings is 2. The molecule has 2 heterocycles. The smallest absolute Gasteiger partial charge is 0.337 e. The Balaban J connectivity index is 1.69. The summed E-state index contributed by atoms with van der Waals surface area (Å²) in [7, 11) is 1.29. The quantitative estimate of drug-likeness (QED) is 0.241. The molecule has 10 heteroatoms. The number of methoxy groups -OCH3 is 1. The molecular formula is C25H18N2O7S. The fourth-order valence-corrected chi connectivity index (χ4v) is 3.80. The zero-order valence-corrected chi connectivity index (χ0v) is 19.3. The van der Waals surface area contributed by atoms with E-state index < -0.39 is 23.8 Å². The summed E-state index contributed by atoms with van der Waals surface area (Å²) in [6.07, 6.45) is 1.27. The van der Waals surface area contributed by atoms with Gasteiger partial charge in [-0.15, -0.1) is 0 Å². The van der Waals surface area contributed by atoms with Crippen LogP contribution in [0.5, 0.6) is 0 Å². The molecule has 0 aliphatic carbocycles. The molecule has 176 valence electrons. The molecule has 0 spiro atoms. The lowest BCUT2D eigenvalue weighted by molar-refractivity contribution is -0.122. The molecule has 2 amide bonds. The number of anilines is 1. The maximum Gasteiger partial charge on any atom is 0.337 e. The summed E-state index contributed by atoms with van der Waals surface area (Å²) in [6, 6.07) is 13.9. The number of nitrogens with one attached hydrogen (secondary N) is 1. The minimum atomic E-state index is -1.17. The number of rotatable bonds is 5. The van der Waals surface area contributed by atoms with Crippen LogP contribution < -0.4 is 10.2 Å². The van der Waals surface area contributed by atoms with Crippen molar-refractivity contribution in [1.82, 2.24) is 5.32 Å². The van der Waals surface area contributed by atoms with Crippen LogP contribution in [0.15, 0.2) is 64.6 Å². The van der Waals surface area contributed by atoms with E-state index in [1.807, 2.05) is 6.92 Å². The van der Waals surface area contributed by atoms with Crippen LogP contribution >= 0.6 is 12.2 Å². The molecule has 35 heavy (non-hydrogen) atoms. The van der Waals surface area contributed by atoms with E-state index >= 15 is 0 Å². The number of amides is 2. The van der Waals surface area contributed by atoms with Gasteiger partial charge in [-0.3, -0.25) is 19.8 Å². The Morgan fingerprint density at radius 3 is 2.57 bits per heavy atom. The highest BCUT2D eigenvalue weighted by Crippen LogP contribution is 2.29. The zero-order chi connectivity index (χ0) is 25.3. The lowest BCUT2D eigenvalue weighted by Crippen LogP contribution is -2.54. The molecule has 1 aliphatic rings. The molecule has 1 saturated heterocycles. The van der Waals surface area contributed by atoms with Crippen LogP contribution in [0.3, 0.4) is 0 Å². The lowest BCUT2D eigenvalue weighted by atomic mass is 10.0. The van der Waals surface area contributed by atoms with Crippen LogP contribution in [0.25, 0.3) is 17.4 Å². The van der Waals surface area contributed by atoms with Crippen LogP contribution in [0.2, 0.25) is 0 Å². The van der Waals surface area contributed by atoms with Gasteiger partial charge >= 0.3 is 11.9 Å². The fourth-order valence-electron chi connectivity index (χ4n) is 3.52. The molecule has 0 saturated carbocycles. The highest BCUT2D eigenvalue weighted by Gasteiger charge is 2.35. The topological polar surface area (TPSA) is 126 Å². The Labute approximate surface area is 204 Å². The van der Waals surface area contributed by atoms with Crippen LogP contribution in [-0.2, 0) is 14.3 Å². The normalized spacial score (nSPS) is 14.7. The molecule has 0 unspecified atom stereocenters. The van der Waals surface area contributed by atoms with Gasteiger partial charge in [-0.1, -0.05) is 12.1 Å². The van der Waals surface area contributed by atoms with Gasteiger partial charge in [-0.25, -0.2) is 9.59 Å². The molecule has 0 bridgehead atoms. The van der Waals surface area contributed by atoms with Gasteiger partial charge in [0.2, 0.25) is 0 Å². The van der Waals surface area contributed by atoms with Gasteiger partial charge in [0.05, 0.1) is 23.9 Å². The van der Waals surface area contributed by atoms with E-state index in [9.17, 15) is 24.3 Å². The first-order chi connectivity index (χ1) is 16.7. The Bertz CT molecular complexity index is 1440. The van der Waals surface area contributed by atoms with E-state index in [1.54, 1.807) is 30.3 Å². The Morgan fingerprint density at radius 2 is 1.86 bits per heavy atom. The molecule has 0 radical (unpaired) electrons. The number of carboxylic acid groups (broad SMARTS) is 1. The van der Waals surface area contributed by atoms with Gasteiger partial charge in [0, 0.05) is 5.56 Å². The summed E-state index contributed by atoms with van der Waals surface area (Å²) in [6.45, 7) is 1.85. The molecule has 3 aromatic rings. The minimum Gasteiger partial charge on any atom is -0.478 e. The van der Waals surface area contributed by atoms with Gasteiger partial charge in [-0.05, 0) is 73.2 Å². The second-order valence-electron chi connectivity index (χ2n) is 7.54. The SMILES string of the molecule is COC(=O)c1ccc(C)c(-c2ccc(C=C3C(=O)NC(=S)N(c4cccc(C(=O)O)c4)C3=O)o2)c1. The molecule has 2 N–H and O–H groups in total. The monoisotopic (exact) mass is 490 g/mol. The van der Waals surface area contributed by atoms with Gasteiger partial charge in [0.15, 0.2) is 5.11 Å². The van der Waals surface area contributed by atoms with Crippen LogP contribution in [0, 0.1) is 6.92 Å². The lowest BCUT2D eigenvalue weighted by Gasteiger charge is -2.28. The third-order valence-electron chi connectivity index (χ3n) is 5.29. The largest absolute Gasteiger partial charge is 0.478 e. The second kappa shape index (κ2) is 9.35. The van der Waals surface area contributed by atoms with Gasteiger partial charge in [0.1, 0.15) is 17.1 Å². The number of nitrogens with zero attached hydrogens (tertiary/aromatic N) is 1. The predicted molar refractivity (Wildman–Crippen MR) is 130 cm³/mol. The molecular weight excluding hydrogens is 472 g/mol. The van der Waals surface area contributed by atoms with Crippen molar-refractivity contribution in [2.24, 2.45) is 0 Å². The molecule has 1 aliphatic heterocycles. The van der Waals surface area contributed by atoms with Crippen molar-refractivity contribution in [3.63, 3.8) is 0 Å². The average molecular weight is 490 g/mol. The van der Waals surface area contributed by atoms with Gasteiger partial charge < -0.3 is 14.3 Å². The number of carboxylic acids is 1. The third-order valence-corrected chi connectivity index (χ3v) is 5.58. The number of carbonyl (C=O) groups excluding carboxylic acids is 3. The number of furan rings is 1. The van der Waals surface area contributed by atoms with Gasteiger partial charge in [0.25, 0.3) is 11.8 Å². The maximum absolute atomic E-state index is 13.2. The highest BCUT2D eigenvalue weighted by atomic mass is 32.1. The fraction of sp³-hybridized carbons (Fsp3) is 0.0800. The number of hydrogen-bond donors (Lipinski definition) is 2. The number of aromatic carboxylic acids is 1. The van der Waals surface area contributed by atoms with E-state index in [4.69, 9.17) is 21.4 Å². The zero-order valence-electron chi connectivity index (χ0n) is 18.5. The number of ether oxygens (including phenoxy) is 1. The standard InChI is InChI=1S/C25H18N2O7S/c1-13-6-7-15(24(32)33-2)11-18(13)20-9-8-17(34-20)12-19-21(28)26-25(35)27(22(19)29)16-5-3-4-14(10-16)23(30)31/h3-12H,1-2H3,(H,30,31)(H,26,28,35). The van der Waals surface area contributed by atoms with Crippen molar-refractivity contribution in [2.75, 3.05) is 12.0 Å². The number of thiocarbonyl (C=S) groups is 1. The second-order valence-corrected chi connectivity index (χ2v) is 7.92. The average Bonchev–Trinajstić information content (AvgIpc) is 3.30. The number of aryl methyl sites for hydroxylation is 1. The van der Waals surface area contributed by atoms with Crippen molar-refractivity contribution < 1.29 is 33.4 Å². The first kappa shape index (κ1) is 23.6. The van der Waals surface area contributed by atoms with Gasteiger partial charge in [-0.2, -0.15) is 0 Å². The van der Waals surface area contributed by atoms with Crippen molar-refractivity contribution in [3.8, 4) is 11.3 Å². The number of carbonyl (C=O) groups is 4. The number of hydrogen-bond acceptors (Lipinski definition) is 7. The van der Waals surface area contributed by atoms with Crippen molar-refractivity contribution in [2.45, 2.75) is 6.92 Å². The first-order valence-corrected chi connectivity index (χ1v) is 10.6. The van der Waals surface area contributed by atoms with Crippen molar-refractivity contribution in [3.05, 3.63) is 82.6 Å². The molecule has 0 atom stereocenters. The number of esters is 1. The maximum atomic E-state index is 13.2. The summed E-state index contributed by atoms with van der Waals surface area (Å²) < 4.78 is 10.6. The minimum absolute atomic E-state index is 0.0410.